The highest BCUT2D eigenvalue weighted by atomic mass is 16.4. The maximum atomic E-state index is 11.1. The summed E-state index contributed by atoms with van der Waals surface area (Å²) in [7, 11) is 2.15. The molecule has 2 fully saturated rings. The van der Waals surface area contributed by atoms with Gasteiger partial charge in [0.2, 0.25) is 0 Å². The van der Waals surface area contributed by atoms with Crippen LogP contribution in [0.4, 0.5) is 0 Å². The summed E-state index contributed by atoms with van der Waals surface area (Å²) in [6.07, 6.45) is 1.18. The standard InChI is InChI=1S/C12H22N2O2/c1-8-5-14(7-11(8)12(15)16)10-4-9(2)13(3)6-10/h8-11H,4-7H2,1-3H3,(H,15,16)/t8-,9?,10?,11-/m1/s1. The van der Waals surface area contributed by atoms with Gasteiger partial charge < -0.3 is 10.0 Å². The van der Waals surface area contributed by atoms with Gasteiger partial charge >= 0.3 is 5.97 Å². The minimum atomic E-state index is -0.630. The molecule has 0 aromatic heterocycles. The van der Waals surface area contributed by atoms with E-state index in [2.05, 4.69) is 30.7 Å². The Balaban J connectivity index is 1.96. The lowest BCUT2D eigenvalue weighted by atomic mass is 9.99. The number of aliphatic carboxylic acids is 1. The summed E-state index contributed by atoms with van der Waals surface area (Å²) in [6.45, 7) is 7.07. The first-order valence-corrected chi connectivity index (χ1v) is 6.16. The fourth-order valence-electron chi connectivity index (χ4n) is 3.05. The SMILES string of the molecule is CC1CC(N2C[C@@H](C)[C@H](C(=O)O)C2)CN1C. The number of rotatable bonds is 2. The third-order valence-corrected chi connectivity index (χ3v) is 4.34. The van der Waals surface area contributed by atoms with Gasteiger partial charge in [-0.1, -0.05) is 6.92 Å². The van der Waals surface area contributed by atoms with E-state index in [-0.39, 0.29) is 5.92 Å². The van der Waals surface area contributed by atoms with Crippen molar-refractivity contribution in [3.63, 3.8) is 0 Å². The molecular weight excluding hydrogens is 204 g/mol. The van der Waals surface area contributed by atoms with E-state index in [1.54, 1.807) is 0 Å². The Morgan fingerprint density at radius 2 is 1.94 bits per heavy atom. The van der Waals surface area contributed by atoms with Crippen molar-refractivity contribution in [1.29, 1.82) is 0 Å². The Morgan fingerprint density at radius 3 is 2.38 bits per heavy atom. The van der Waals surface area contributed by atoms with Crippen LogP contribution in [0.1, 0.15) is 20.3 Å². The van der Waals surface area contributed by atoms with Crippen LogP contribution in [0.3, 0.4) is 0 Å². The second-order valence-electron chi connectivity index (χ2n) is 5.55. The van der Waals surface area contributed by atoms with E-state index < -0.39 is 5.97 Å². The molecule has 2 heterocycles. The molecule has 2 unspecified atom stereocenters. The summed E-state index contributed by atoms with van der Waals surface area (Å²) in [5.41, 5.74) is 0. The monoisotopic (exact) mass is 226 g/mol. The van der Waals surface area contributed by atoms with Crippen LogP contribution < -0.4 is 0 Å². The van der Waals surface area contributed by atoms with Gasteiger partial charge in [-0.25, -0.2) is 0 Å². The summed E-state index contributed by atoms with van der Waals surface area (Å²) in [4.78, 5) is 15.8. The van der Waals surface area contributed by atoms with Crippen molar-refractivity contribution < 1.29 is 9.90 Å². The number of carboxylic acid groups (broad SMARTS) is 1. The van der Waals surface area contributed by atoms with Gasteiger partial charge in [0.25, 0.3) is 0 Å². The predicted molar refractivity (Wildman–Crippen MR) is 62.4 cm³/mol. The van der Waals surface area contributed by atoms with Gasteiger partial charge in [0.1, 0.15) is 0 Å². The predicted octanol–water partition coefficient (Wildman–Crippen LogP) is 0.732. The molecule has 4 atom stereocenters. The van der Waals surface area contributed by atoms with Crippen LogP contribution in [0.5, 0.6) is 0 Å². The number of likely N-dealkylation sites (tertiary alicyclic amines) is 2. The number of nitrogens with zero attached hydrogens (tertiary/aromatic N) is 2. The van der Waals surface area contributed by atoms with E-state index in [1.807, 2.05) is 0 Å². The average molecular weight is 226 g/mol. The minimum absolute atomic E-state index is 0.166. The Bertz CT molecular complexity index is 272. The molecule has 0 amide bonds. The maximum absolute atomic E-state index is 11.1. The van der Waals surface area contributed by atoms with Crippen molar-refractivity contribution in [3.05, 3.63) is 0 Å². The maximum Gasteiger partial charge on any atom is 0.308 e. The zero-order valence-electron chi connectivity index (χ0n) is 10.4. The first-order chi connectivity index (χ1) is 7.49. The lowest BCUT2D eigenvalue weighted by molar-refractivity contribution is -0.142. The molecule has 0 radical (unpaired) electrons. The van der Waals surface area contributed by atoms with Crippen molar-refractivity contribution in [1.82, 2.24) is 9.80 Å². The summed E-state index contributed by atoms with van der Waals surface area (Å²) < 4.78 is 0. The molecule has 4 nitrogen and oxygen atoms in total. The fraction of sp³-hybridized carbons (Fsp3) is 0.917. The molecule has 16 heavy (non-hydrogen) atoms. The van der Waals surface area contributed by atoms with E-state index >= 15 is 0 Å². The quantitative estimate of drug-likeness (QED) is 0.754. The molecule has 0 saturated carbocycles. The van der Waals surface area contributed by atoms with Crippen molar-refractivity contribution in [2.24, 2.45) is 11.8 Å². The van der Waals surface area contributed by atoms with E-state index in [0.29, 0.717) is 18.0 Å². The van der Waals surface area contributed by atoms with Crippen LogP contribution in [-0.4, -0.2) is 59.6 Å². The van der Waals surface area contributed by atoms with Gasteiger partial charge in [0, 0.05) is 31.7 Å². The van der Waals surface area contributed by atoms with Gasteiger partial charge in [0.15, 0.2) is 0 Å². The van der Waals surface area contributed by atoms with E-state index in [0.717, 1.165) is 19.6 Å². The Morgan fingerprint density at radius 1 is 1.25 bits per heavy atom. The molecule has 0 spiro atoms. The van der Waals surface area contributed by atoms with Crippen molar-refractivity contribution in [3.8, 4) is 0 Å². The molecule has 4 heteroatoms. The van der Waals surface area contributed by atoms with E-state index in [9.17, 15) is 4.79 Å². The zero-order chi connectivity index (χ0) is 11.9. The minimum Gasteiger partial charge on any atom is -0.481 e. The molecular formula is C12H22N2O2. The molecule has 0 aromatic carbocycles. The van der Waals surface area contributed by atoms with Crippen molar-refractivity contribution >= 4 is 5.97 Å². The molecule has 2 rings (SSSR count). The number of hydrogen-bond donors (Lipinski definition) is 1. The smallest absolute Gasteiger partial charge is 0.308 e. The molecule has 2 aliphatic heterocycles. The first kappa shape index (κ1) is 11.9. The topological polar surface area (TPSA) is 43.8 Å². The number of carbonyl (C=O) groups is 1. The third-order valence-electron chi connectivity index (χ3n) is 4.34. The third kappa shape index (κ3) is 2.09. The number of carboxylic acids is 1. The first-order valence-electron chi connectivity index (χ1n) is 6.16. The Kier molecular flexibility index (Phi) is 3.22. The number of likely N-dealkylation sites (N-methyl/N-ethyl adjacent to an activating group) is 1. The molecule has 0 bridgehead atoms. The van der Waals surface area contributed by atoms with Crippen LogP contribution in [0.25, 0.3) is 0 Å². The van der Waals surface area contributed by atoms with Gasteiger partial charge in [-0.2, -0.15) is 0 Å². The van der Waals surface area contributed by atoms with Gasteiger partial charge in [-0.3, -0.25) is 9.69 Å². The highest BCUT2D eigenvalue weighted by molar-refractivity contribution is 5.71. The van der Waals surface area contributed by atoms with Crippen LogP contribution in [-0.2, 0) is 4.79 Å². The molecule has 0 aliphatic carbocycles. The lowest BCUT2D eigenvalue weighted by Crippen LogP contribution is -2.36. The highest BCUT2D eigenvalue weighted by Crippen LogP contribution is 2.29. The Labute approximate surface area is 97.2 Å². The van der Waals surface area contributed by atoms with Crippen LogP contribution >= 0.6 is 0 Å². The number of hydrogen-bond acceptors (Lipinski definition) is 3. The highest BCUT2D eigenvalue weighted by Gasteiger charge is 2.40. The van der Waals surface area contributed by atoms with Gasteiger partial charge in [-0.05, 0) is 26.3 Å². The van der Waals surface area contributed by atoms with Crippen molar-refractivity contribution in [2.75, 3.05) is 26.7 Å². The van der Waals surface area contributed by atoms with Gasteiger partial charge in [0.05, 0.1) is 5.92 Å². The second kappa shape index (κ2) is 4.34. The second-order valence-corrected chi connectivity index (χ2v) is 5.55. The van der Waals surface area contributed by atoms with E-state index in [1.165, 1.54) is 6.42 Å². The fourth-order valence-corrected chi connectivity index (χ4v) is 3.05. The summed E-state index contributed by atoms with van der Waals surface area (Å²) in [5.74, 6) is -0.505. The van der Waals surface area contributed by atoms with Crippen LogP contribution in [0.2, 0.25) is 0 Å². The van der Waals surface area contributed by atoms with Crippen LogP contribution in [0.15, 0.2) is 0 Å². The summed E-state index contributed by atoms with van der Waals surface area (Å²) in [6, 6.07) is 1.19. The lowest BCUT2D eigenvalue weighted by Gasteiger charge is -2.23. The average Bonchev–Trinajstić information content (AvgIpc) is 2.71. The molecule has 92 valence electrons. The molecule has 0 aromatic rings. The van der Waals surface area contributed by atoms with E-state index in [4.69, 9.17) is 5.11 Å². The molecule has 2 aliphatic rings. The molecule has 1 N–H and O–H groups in total. The normalized spacial score (nSPS) is 41.7. The zero-order valence-corrected chi connectivity index (χ0v) is 10.4. The largest absolute Gasteiger partial charge is 0.481 e. The van der Waals surface area contributed by atoms with Gasteiger partial charge in [-0.15, -0.1) is 0 Å². The van der Waals surface area contributed by atoms with Crippen LogP contribution in [0, 0.1) is 11.8 Å². The Hall–Kier alpha value is -0.610. The van der Waals surface area contributed by atoms with Crippen molar-refractivity contribution in [2.45, 2.75) is 32.4 Å². The molecule has 2 saturated heterocycles. The summed E-state index contributed by atoms with van der Waals surface area (Å²) in [5, 5.41) is 9.11. The summed E-state index contributed by atoms with van der Waals surface area (Å²) >= 11 is 0.